The zero-order valence-corrected chi connectivity index (χ0v) is 19.1. The molecule has 0 bridgehead atoms. The van der Waals surface area contributed by atoms with Crippen LogP contribution in [0.15, 0.2) is 60.8 Å². The highest BCUT2D eigenvalue weighted by atomic mass is 16.5. The van der Waals surface area contributed by atoms with Crippen molar-refractivity contribution in [3.63, 3.8) is 0 Å². The van der Waals surface area contributed by atoms with Crippen LogP contribution in [0.4, 0.5) is 0 Å². The zero-order valence-electron chi connectivity index (χ0n) is 19.1. The lowest BCUT2D eigenvalue weighted by atomic mass is 10.0. The first kappa shape index (κ1) is 23.8. The molecule has 0 aliphatic carbocycles. The van der Waals surface area contributed by atoms with Crippen molar-refractivity contribution in [2.24, 2.45) is 0 Å². The largest absolute Gasteiger partial charge is 0.467 e. The summed E-state index contributed by atoms with van der Waals surface area (Å²) in [5.41, 5.74) is 2.76. The first-order chi connectivity index (χ1) is 16.9. The Morgan fingerprint density at radius 1 is 0.971 bits per heavy atom. The van der Waals surface area contributed by atoms with Crippen LogP contribution in [0, 0.1) is 0 Å². The molecule has 0 unspecified atom stereocenters. The second-order valence-corrected chi connectivity index (χ2v) is 8.21. The summed E-state index contributed by atoms with van der Waals surface area (Å²) >= 11 is 0. The molecule has 0 radical (unpaired) electrons. The number of amides is 3. The van der Waals surface area contributed by atoms with Crippen molar-refractivity contribution in [1.29, 1.82) is 0 Å². The van der Waals surface area contributed by atoms with E-state index < -0.39 is 35.9 Å². The number of nitrogens with zero attached hydrogens (tertiary/aromatic N) is 2. The number of benzene rings is 2. The fourth-order valence-electron chi connectivity index (χ4n) is 3.89. The molecule has 180 valence electrons. The molecule has 10 nitrogen and oxygen atoms in total. The summed E-state index contributed by atoms with van der Waals surface area (Å²) in [4.78, 5) is 58.9. The molecule has 4 rings (SSSR count). The molecule has 35 heavy (non-hydrogen) atoms. The third-order valence-corrected chi connectivity index (χ3v) is 5.67. The molecule has 0 saturated carbocycles. The molecule has 1 aromatic heterocycles. The van der Waals surface area contributed by atoms with Gasteiger partial charge < -0.3 is 20.7 Å². The van der Waals surface area contributed by atoms with Gasteiger partial charge in [0.25, 0.3) is 0 Å². The van der Waals surface area contributed by atoms with Crippen molar-refractivity contribution in [2.75, 3.05) is 7.11 Å². The first-order valence-electron chi connectivity index (χ1n) is 11.2. The van der Waals surface area contributed by atoms with Crippen molar-refractivity contribution >= 4 is 34.7 Å². The molecule has 2 heterocycles. The number of hydrogen-bond donors (Lipinski definition) is 3. The van der Waals surface area contributed by atoms with Crippen LogP contribution in [-0.2, 0) is 36.8 Å². The Kier molecular flexibility index (Phi) is 7.30. The average molecular weight is 476 g/mol. The third kappa shape index (κ3) is 5.97. The predicted molar refractivity (Wildman–Crippen MR) is 126 cm³/mol. The van der Waals surface area contributed by atoms with Crippen LogP contribution in [0.5, 0.6) is 0 Å². The summed E-state index contributed by atoms with van der Waals surface area (Å²) in [7, 11) is 1.22. The van der Waals surface area contributed by atoms with Crippen LogP contribution < -0.4 is 16.0 Å². The first-order valence-corrected chi connectivity index (χ1v) is 11.2. The van der Waals surface area contributed by atoms with E-state index >= 15 is 0 Å². The number of methoxy groups -OCH3 is 1. The molecule has 3 aromatic rings. The van der Waals surface area contributed by atoms with Crippen molar-refractivity contribution in [2.45, 2.75) is 37.4 Å². The van der Waals surface area contributed by atoms with E-state index in [0.717, 1.165) is 5.56 Å². The third-order valence-electron chi connectivity index (χ3n) is 5.67. The summed E-state index contributed by atoms with van der Waals surface area (Å²) in [6.07, 6.45) is 1.60. The highest BCUT2D eigenvalue weighted by molar-refractivity contribution is 5.99. The Labute approximate surface area is 201 Å². The van der Waals surface area contributed by atoms with Crippen LogP contribution in [0.3, 0.4) is 0 Å². The number of carbonyl (C=O) groups excluding carboxylic acids is 4. The van der Waals surface area contributed by atoms with Crippen molar-refractivity contribution < 1.29 is 23.9 Å². The van der Waals surface area contributed by atoms with Gasteiger partial charge in [0.05, 0.1) is 30.3 Å². The van der Waals surface area contributed by atoms with E-state index in [0.29, 0.717) is 23.1 Å². The molecule has 3 amide bonds. The van der Waals surface area contributed by atoms with Crippen molar-refractivity contribution in [1.82, 2.24) is 25.9 Å². The van der Waals surface area contributed by atoms with E-state index in [1.54, 1.807) is 6.07 Å². The molecular weight excluding hydrogens is 450 g/mol. The van der Waals surface area contributed by atoms with E-state index in [2.05, 4.69) is 25.9 Å². The average Bonchev–Trinajstić information content (AvgIpc) is 2.86. The van der Waals surface area contributed by atoms with Gasteiger partial charge in [0.1, 0.15) is 18.1 Å². The quantitative estimate of drug-likeness (QED) is 0.402. The molecule has 10 heteroatoms. The summed E-state index contributed by atoms with van der Waals surface area (Å²) in [5, 5.41) is 7.86. The second kappa shape index (κ2) is 10.7. The Morgan fingerprint density at radius 3 is 2.37 bits per heavy atom. The molecule has 1 fully saturated rings. The summed E-state index contributed by atoms with van der Waals surface area (Å²) in [6.45, 7) is 0. The zero-order chi connectivity index (χ0) is 24.8. The van der Waals surface area contributed by atoms with Crippen LogP contribution in [0.25, 0.3) is 11.0 Å². The number of nitrogens with one attached hydrogen (secondary N) is 3. The van der Waals surface area contributed by atoms with E-state index in [1.807, 2.05) is 48.5 Å². The molecule has 3 atom stereocenters. The van der Waals surface area contributed by atoms with Crippen LogP contribution >= 0.6 is 0 Å². The number of hydrogen-bond acceptors (Lipinski definition) is 7. The van der Waals surface area contributed by atoms with Crippen LogP contribution in [0.2, 0.25) is 0 Å². The lowest BCUT2D eigenvalue weighted by molar-refractivity contribution is -0.145. The van der Waals surface area contributed by atoms with E-state index in [1.165, 1.54) is 13.3 Å². The van der Waals surface area contributed by atoms with Gasteiger partial charge in [-0.2, -0.15) is 0 Å². The number of aromatic nitrogens is 2. The minimum Gasteiger partial charge on any atom is -0.467 e. The van der Waals surface area contributed by atoms with Gasteiger partial charge in [-0.15, -0.1) is 0 Å². The van der Waals surface area contributed by atoms with Gasteiger partial charge in [-0.3, -0.25) is 19.4 Å². The Balaban J connectivity index is 1.37. The Bertz CT molecular complexity index is 1250. The number of esters is 1. The van der Waals surface area contributed by atoms with Gasteiger partial charge in [-0.25, -0.2) is 9.78 Å². The monoisotopic (exact) mass is 475 g/mol. The van der Waals surface area contributed by atoms with Gasteiger partial charge in [-0.05, 0) is 17.7 Å². The summed E-state index contributed by atoms with van der Waals surface area (Å²) < 4.78 is 4.82. The van der Waals surface area contributed by atoms with Crippen LogP contribution in [-0.4, -0.2) is 58.9 Å². The maximum Gasteiger partial charge on any atom is 0.328 e. The number of fused-ring (bicyclic) bond motifs is 1. The van der Waals surface area contributed by atoms with Gasteiger partial charge in [-0.1, -0.05) is 42.5 Å². The van der Waals surface area contributed by atoms with Gasteiger partial charge in [0, 0.05) is 19.0 Å². The number of para-hydroxylation sites is 2. The Morgan fingerprint density at radius 2 is 1.63 bits per heavy atom. The van der Waals surface area contributed by atoms with Gasteiger partial charge in [0.2, 0.25) is 17.7 Å². The molecular formula is C25H25N5O5. The summed E-state index contributed by atoms with van der Waals surface area (Å²) in [6, 6.07) is 13.8. The molecule has 0 spiro atoms. The molecule has 2 aromatic carbocycles. The fraction of sp³-hybridized carbons (Fsp3) is 0.280. The predicted octanol–water partition coefficient (Wildman–Crippen LogP) is 0.446. The van der Waals surface area contributed by atoms with E-state index in [-0.39, 0.29) is 18.7 Å². The lowest BCUT2D eigenvalue weighted by Crippen LogP contribution is -2.63. The Hall–Kier alpha value is -4.34. The highest BCUT2D eigenvalue weighted by Crippen LogP contribution is 2.12. The minimum atomic E-state index is -1.05. The maximum absolute atomic E-state index is 12.7. The van der Waals surface area contributed by atoms with Crippen molar-refractivity contribution in [3.05, 3.63) is 72.1 Å². The van der Waals surface area contributed by atoms with Gasteiger partial charge in [0.15, 0.2) is 0 Å². The number of rotatable bonds is 8. The lowest BCUT2D eigenvalue weighted by Gasteiger charge is -2.29. The van der Waals surface area contributed by atoms with Crippen LogP contribution in [0.1, 0.15) is 17.7 Å². The standard InChI is InChI=1S/C25H25N5O5/c1-35-25(34)21(12-16-14-26-17-9-5-6-10-18(17)27-16)28-22(31)13-20-24(33)29-19(23(32)30-20)11-15-7-3-2-4-8-15/h2-10,14,19-21H,11-13H2,1H3,(H,28,31)(H,29,33)(H,30,32)/t19-,20-,21+/m0/s1. The van der Waals surface area contributed by atoms with Gasteiger partial charge >= 0.3 is 5.97 Å². The number of ether oxygens (including phenoxy) is 1. The van der Waals surface area contributed by atoms with Crippen molar-refractivity contribution in [3.8, 4) is 0 Å². The second-order valence-electron chi connectivity index (χ2n) is 8.21. The molecule has 3 N–H and O–H groups in total. The normalized spacial score (nSPS) is 18.3. The highest BCUT2D eigenvalue weighted by Gasteiger charge is 2.35. The number of piperazine rings is 1. The fourth-order valence-corrected chi connectivity index (χ4v) is 3.89. The topological polar surface area (TPSA) is 139 Å². The number of carbonyl (C=O) groups is 4. The smallest absolute Gasteiger partial charge is 0.328 e. The molecule has 1 aliphatic rings. The summed E-state index contributed by atoms with van der Waals surface area (Å²) in [5.74, 6) is -2.08. The molecule has 1 saturated heterocycles. The molecule has 1 aliphatic heterocycles. The maximum atomic E-state index is 12.7. The SMILES string of the molecule is COC(=O)[C@@H](Cc1cnc2ccccc2n1)NC(=O)C[C@@H]1NC(=O)[C@H](Cc2ccccc2)NC1=O. The van der Waals surface area contributed by atoms with E-state index in [4.69, 9.17) is 4.74 Å². The minimum absolute atomic E-state index is 0.0542. The van der Waals surface area contributed by atoms with E-state index in [9.17, 15) is 19.2 Å².